The summed E-state index contributed by atoms with van der Waals surface area (Å²) in [6.07, 6.45) is 2.80. The lowest BCUT2D eigenvalue weighted by Gasteiger charge is -2.24. The Morgan fingerprint density at radius 3 is 2.88 bits per heavy atom. The Morgan fingerprint density at radius 2 is 2.16 bits per heavy atom. The Kier molecular flexibility index (Phi) is 5.01. The second-order valence-electron chi connectivity index (χ2n) is 6.46. The first-order chi connectivity index (χ1) is 11.8. The summed E-state index contributed by atoms with van der Waals surface area (Å²) < 4.78 is 30.7. The van der Waals surface area contributed by atoms with Gasteiger partial charge in [-0.25, -0.2) is 13.2 Å². The number of benzene rings is 1. The number of hydrogen-bond acceptors (Lipinski definition) is 4. The molecule has 136 valence electrons. The number of urea groups is 1. The van der Waals surface area contributed by atoms with Gasteiger partial charge >= 0.3 is 6.03 Å². The topological polar surface area (TPSA) is 82.9 Å². The van der Waals surface area contributed by atoms with Crippen molar-refractivity contribution in [2.45, 2.75) is 25.4 Å². The molecular formula is C17H23N3O4S. The van der Waals surface area contributed by atoms with Crippen molar-refractivity contribution >= 4 is 27.0 Å². The van der Waals surface area contributed by atoms with Crippen LogP contribution in [0.5, 0.6) is 0 Å². The average molecular weight is 365 g/mol. The van der Waals surface area contributed by atoms with Gasteiger partial charge in [0, 0.05) is 31.6 Å². The number of nitrogens with zero attached hydrogens (tertiary/aromatic N) is 2. The Labute approximate surface area is 147 Å². The molecule has 0 bridgehead atoms. The highest BCUT2D eigenvalue weighted by molar-refractivity contribution is 7.88. The summed E-state index contributed by atoms with van der Waals surface area (Å²) in [7, 11) is -1.54. The molecule has 1 aliphatic rings. The van der Waals surface area contributed by atoms with Crippen LogP contribution >= 0.6 is 0 Å². The van der Waals surface area contributed by atoms with Crippen molar-refractivity contribution in [2.24, 2.45) is 0 Å². The van der Waals surface area contributed by atoms with Crippen molar-refractivity contribution in [1.29, 1.82) is 0 Å². The molecule has 2 amide bonds. The van der Waals surface area contributed by atoms with Crippen molar-refractivity contribution in [3.63, 3.8) is 0 Å². The highest BCUT2D eigenvalue weighted by Crippen LogP contribution is 2.21. The van der Waals surface area contributed by atoms with Gasteiger partial charge in [-0.15, -0.1) is 0 Å². The van der Waals surface area contributed by atoms with Gasteiger partial charge in [0.05, 0.1) is 12.8 Å². The predicted molar refractivity (Wildman–Crippen MR) is 95.7 cm³/mol. The lowest BCUT2D eigenvalue weighted by atomic mass is 10.2. The lowest BCUT2D eigenvalue weighted by molar-refractivity contribution is 0.201. The molecule has 0 saturated carbocycles. The third-order valence-electron chi connectivity index (χ3n) is 4.45. The first kappa shape index (κ1) is 17.8. The van der Waals surface area contributed by atoms with Crippen molar-refractivity contribution in [3.05, 3.63) is 36.1 Å². The van der Waals surface area contributed by atoms with Crippen LogP contribution in [0.25, 0.3) is 11.0 Å². The fraction of sp³-hybridized carbons (Fsp3) is 0.471. The Balaban J connectivity index is 1.55. The number of hydrogen-bond donors (Lipinski definition) is 1. The molecular weight excluding hydrogens is 342 g/mol. The van der Waals surface area contributed by atoms with Crippen LogP contribution in [0.1, 0.15) is 18.6 Å². The van der Waals surface area contributed by atoms with E-state index in [1.54, 1.807) is 7.05 Å². The highest BCUT2D eigenvalue weighted by Gasteiger charge is 2.31. The number of rotatable bonds is 5. The highest BCUT2D eigenvalue weighted by atomic mass is 32.2. The monoisotopic (exact) mass is 365 g/mol. The predicted octanol–water partition coefficient (Wildman–Crippen LogP) is 2.00. The van der Waals surface area contributed by atoms with E-state index in [1.807, 2.05) is 30.3 Å². The number of amides is 2. The smallest absolute Gasteiger partial charge is 0.317 e. The molecule has 1 fully saturated rings. The van der Waals surface area contributed by atoms with Gasteiger partial charge < -0.3 is 14.6 Å². The molecule has 0 radical (unpaired) electrons. The number of para-hydroxylation sites is 1. The summed E-state index contributed by atoms with van der Waals surface area (Å²) in [5.74, 6) is 0.706. The van der Waals surface area contributed by atoms with Crippen molar-refractivity contribution in [3.8, 4) is 0 Å². The Morgan fingerprint density at radius 1 is 1.40 bits per heavy atom. The molecule has 2 aromatic rings. The van der Waals surface area contributed by atoms with Gasteiger partial charge in [0.25, 0.3) is 0 Å². The normalized spacial score (nSPS) is 18.6. The summed E-state index contributed by atoms with van der Waals surface area (Å²) in [5, 5.41) is 3.82. The summed E-state index contributed by atoms with van der Waals surface area (Å²) in [5.41, 5.74) is 0.793. The first-order valence-electron chi connectivity index (χ1n) is 8.28. The molecule has 0 spiro atoms. The molecule has 1 atom stereocenters. The van der Waals surface area contributed by atoms with E-state index in [4.69, 9.17) is 4.42 Å². The molecule has 1 aromatic heterocycles. The SMILES string of the molecule is CN(Cc1cc2ccccc2o1)C(=O)NC[C@H]1CCCN1S(C)(=O)=O. The molecule has 0 unspecified atom stereocenters. The maximum atomic E-state index is 12.3. The maximum Gasteiger partial charge on any atom is 0.317 e. The molecule has 1 saturated heterocycles. The molecule has 25 heavy (non-hydrogen) atoms. The third kappa shape index (κ3) is 4.13. The van der Waals surface area contributed by atoms with Gasteiger partial charge in [-0.2, -0.15) is 4.31 Å². The van der Waals surface area contributed by atoms with E-state index in [2.05, 4.69) is 5.32 Å². The van der Waals surface area contributed by atoms with Gasteiger partial charge in [-0.1, -0.05) is 18.2 Å². The summed E-state index contributed by atoms with van der Waals surface area (Å²) >= 11 is 0. The Bertz CT molecular complexity index is 829. The molecule has 0 aliphatic carbocycles. The fourth-order valence-electron chi connectivity index (χ4n) is 3.21. The summed E-state index contributed by atoms with van der Waals surface area (Å²) in [6, 6.07) is 9.19. The zero-order chi connectivity index (χ0) is 18.0. The quantitative estimate of drug-likeness (QED) is 0.878. The molecule has 7 nitrogen and oxygen atoms in total. The van der Waals surface area contributed by atoms with E-state index in [0.717, 1.165) is 23.8 Å². The maximum absolute atomic E-state index is 12.3. The molecule has 1 aromatic carbocycles. The van der Waals surface area contributed by atoms with Crippen LogP contribution in [-0.2, 0) is 16.6 Å². The van der Waals surface area contributed by atoms with E-state index in [-0.39, 0.29) is 12.1 Å². The fourth-order valence-corrected chi connectivity index (χ4v) is 4.39. The number of fused-ring (bicyclic) bond motifs is 1. The van der Waals surface area contributed by atoms with Crippen LogP contribution in [0.2, 0.25) is 0 Å². The van der Waals surface area contributed by atoms with E-state index in [0.29, 0.717) is 25.4 Å². The second-order valence-corrected chi connectivity index (χ2v) is 8.40. The zero-order valence-corrected chi connectivity index (χ0v) is 15.3. The van der Waals surface area contributed by atoms with E-state index in [9.17, 15) is 13.2 Å². The van der Waals surface area contributed by atoms with Crippen LogP contribution in [0.15, 0.2) is 34.7 Å². The Hall–Kier alpha value is -2.06. The average Bonchev–Trinajstić information content (AvgIpc) is 3.17. The lowest BCUT2D eigenvalue weighted by Crippen LogP contribution is -2.45. The van der Waals surface area contributed by atoms with E-state index >= 15 is 0 Å². The van der Waals surface area contributed by atoms with Gasteiger partial charge in [-0.3, -0.25) is 0 Å². The number of sulfonamides is 1. The van der Waals surface area contributed by atoms with Gasteiger partial charge in [0.2, 0.25) is 10.0 Å². The largest absolute Gasteiger partial charge is 0.459 e. The van der Waals surface area contributed by atoms with E-state index in [1.165, 1.54) is 15.5 Å². The van der Waals surface area contributed by atoms with Crippen LogP contribution in [0, 0.1) is 0 Å². The summed E-state index contributed by atoms with van der Waals surface area (Å²) in [6.45, 7) is 1.19. The van der Waals surface area contributed by atoms with Gasteiger partial charge in [0.1, 0.15) is 11.3 Å². The van der Waals surface area contributed by atoms with Crippen molar-refractivity contribution in [1.82, 2.24) is 14.5 Å². The van der Waals surface area contributed by atoms with Crippen LogP contribution in [-0.4, -0.2) is 56.1 Å². The molecule has 2 heterocycles. The van der Waals surface area contributed by atoms with Crippen LogP contribution < -0.4 is 5.32 Å². The number of carbonyl (C=O) groups excluding carboxylic acids is 1. The number of carbonyl (C=O) groups is 1. The van der Waals surface area contributed by atoms with Crippen molar-refractivity contribution in [2.75, 3.05) is 26.4 Å². The zero-order valence-electron chi connectivity index (χ0n) is 14.4. The minimum atomic E-state index is -3.23. The second kappa shape index (κ2) is 7.05. The minimum Gasteiger partial charge on any atom is -0.459 e. The number of nitrogens with one attached hydrogen (secondary N) is 1. The molecule has 3 rings (SSSR count). The van der Waals surface area contributed by atoms with Crippen molar-refractivity contribution < 1.29 is 17.6 Å². The van der Waals surface area contributed by atoms with Gasteiger partial charge in [-0.05, 0) is 25.0 Å². The summed E-state index contributed by atoms with van der Waals surface area (Å²) in [4.78, 5) is 13.8. The molecule has 1 N–H and O–H groups in total. The van der Waals surface area contributed by atoms with Gasteiger partial charge in [0.15, 0.2) is 0 Å². The van der Waals surface area contributed by atoms with Crippen LogP contribution in [0.4, 0.5) is 4.79 Å². The first-order valence-corrected chi connectivity index (χ1v) is 10.1. The standard InChI is InChI=1S/C17H23N3O4S/c1-19(12-15-10-13-6-3-4-8-16(13)24-15)17(21)18-11-14-7-5-9-20(14)25(2,22)23/h3-4,6,8,10,14H,5,7,9,11-12H2,1-2H3,(H,18,21)/t14-/m1/s1. The van der Waals surface area contributed by atoms with Crippen LogP contribution in [0.3, 0.4) is 0 Å². The third-order valence-corrected chi connectivity index (χ3v) is 5.79. The molecule has 8 heteroatoms. The number of furan rings is 1. The molecule has 1 aliphatic heterocycles. The van der Waals surface area contributed by atoms with E-state index < -0.39 is 10.0 Å². The minimum absolute atomic E-state index is 0.168.